The third-order valence-electron chi connectivity index (χ3n) is 7.12. The number of hydrogen-bond acceptors (Lipinski definition) is 14. The van der Waals surface area contributed by atoms with Crippen molar-refractivity contribution < 1.29 is 193 Å². The monoisotopic (exact) mass is 892 g/mol. The molecule has 0 bridgehead atoms. The SMILES string of the molecule is Cc1cc(N(CCCCS(=O)(=O)[O-])CCCCS(=O)(=O)[O-])ccc1N=Nc1c(C#N)c(C(C)(C)C)nn1-c1c(Cl)cc(S(=O)(=O)[O-])cc1Cl.[K+].[K+].[K+]. The van der Waals surface area contributed by atoms with E-state index in [-0.39, 0.29) is 194 Å². The number of nitrogens with zero attached hydrogens (tertiary/aromatic N) is 6. The van der Waals surface area contributed by atoms with Gasteiger partial charge in [-0.15, -0.1) is 10.2 Å². The Morgan fingerprint density at radius 3 is 1.75 bits per heavy atom. The Hall–Kier alpha value is 1.76. The first-order valence-corrected chi connectivity index (χ1v) is 20.0. The second kappa shape index (κ2) is 22.8. The number of nitriles is 1. The molecule has 3 aromatic rings. The predicted octanol–water partition coefficient (Wildman–Crippen LogP) is -3.55. The van der Waals surface area contributed by atoms with Crippen LogP contribution in [0.25, 0.3) is 5.69 Å². The number of unbranched alkanes of at least 4 members (excludes halogenated alkanes) is 2. The summed E-state index contributed by atoms with van der Waals surface area (Å²) < 4.78 is 102. The smallest absolute Gasteiger partial charge is 0.748 e. The Morgan fingerprint density at radius 2 is 1.35 bits per heavy atom. The molecule has 0 amide bonds. The molecule has 2 aromatic carbocycles. The number of aromatic nitrogens is 2. The molecule has 0 aliphatic carbocycles. The molecule has 52 heavy (non-hydrogen) atoms. The van der Waals surface area contributed by atoms with Gasteiger partial charge in [-0.2, -0.15) is 10.4 Å². The summed E-state index contributed by atoms with van der Waals surface area (Å²) in [5, 5.41) is 22.9. The zero-order chi connectivity index (χ0) is 36.9. The first kappa shape index (κ1) is 53.8. The largest absolute Gasteiger partial charge is 1.00 e. The van der Waals surface area contributed by atoms with Crippen molar-refractivity contribution in [2.24, 2.45) is 10.2 Å². The average Bonchev–Trinajstić information content (AvgIpc) is 3.32. The zero-order valence-electron chi connectivity index (χ0n) is 29.9. The van der Waals surface area contributed by atoms with Gasteiger partial charge in [-0.05, 0) is 68.5 Å². The summed E-state index contributed by atoms with van der Waals surface area (Å²) in [5.41, 5.74) is 1.33. The summed E-state index contributed by atoms with van der Waals surface area (Å²) in [4.78, 5) is 1.21. The minimum Gasteiger partial charge on any atom is -0.748 e. The number of benzene rings is 2. The van der Waals surface area contributed by atoms with Crippen LogP contribution in [0, 0.1) is 18.3 Å². The van der Waals surface area contributed by atoms with Gasteiger partial charge < -0.3 is 18.6 Å². The van der Waals surface area contributed by atoms with E-state index in [1.165, 1.54) is 0 Å². The number of aryl methyl sites for hydroxylation is 1. The van der Waals surface area contributed by atoms with Crippen LogP contribution in [-0.4, -0.2) is 73.3 Å². The quantitative estimate of drug-likeness (QED) is 0.0624. The van der Waals surface area contributed by atoms with Crippen LogP contribution in [0.1, 0.15) is 63.3 Å². The molecule has 268 valence electrons. The Kier molecular flexibility index (Phi) is 23.6. The summed E-state index contributed by atoms with van der Waals surface area (Å²) in [5.74, 6) is -1.12. The second-order valence-electron chi connectivity index (χ2n) is 12.1. The maximum atomic E-state index is 11.6. The van der Waals surface area contributed by atoms with Crippen molar-refractivity contribution in [1.82, 2.24) is 9.78 Å². The van der Waals surface area contributed by atoms with E-state index in [1.807, 2.05) is 25.7 Å². The minimum atomic E-state index is -4.89. The van der Waals surface area contributed by atoms with Crippen molar-refractivity contribution in [3.05, 3.63) is 57.2 Å². The zero-order valence-corrected chi connectivity index (χ0v) is 43.2. The number of anilines is 1. The molecule has 0 aliphatic heterocycles. The van der Waals surface area contributed by atoms with Crippen LogP contribution in [-0.2, 0) is 35.8 Å². The molecule has 0 spiro atoms. The minimum absolute atomic E-state index is 0. The van der Waals surface area contributed by atoms with Crippen LogP contribution in [0.15, 0.2) is 45.5 Å². The summed E-state index contributed by atoms with van der Waals surface area (Å²) in [6.45, 7) is 7.86. The van der Waals surface area contributed by atoms with Gasteiger partial charge in [0.2, 0.25) is 0 Å². The number of azo groups is 1. The van der Waals surface area contributed by atoms with Gasteiger partial charge in [0.25, 0.3) is 0 Å². The van der Waals surface area contributed by atoms with E-state index >= 15 is 0 Å². The predicted molar refractivity (Wildman–Crippen MR) is 180 cm³/mol. The van der Waals surface area contributed by atoms with Crippen molar-refractivity contribution in [1.29, 1.82) is 5.26 Å². The van der Waals surface area contributed by atoms with Gasteiger partial charge in [0.1, 0.15) is 27.4 Å². The third kappa shape index (κ3) is 16.6. The van der Waals surface area contributed by atoms with Crippen LogP contribution in [0.5, 0.6) is 0 Å². The molecule has 15 nitrogen and oxygen atoms in total. The summed E-state index contributed by atoms with van der Waals surface area (Å²) in [6.07, 6.45) is 0.951. The van der Waals surface area contributed by atoms with Crippen molar-refractivity contribution in [3.8, 4) is 11.8 Å². The molecule has 0 aliphatic rings. The molecular formula is C29H33Cl2K3N6O9S3. The van der Waals surface area contributed by atoms with Crippen molar-refractivity contribution >= 4 is 70.7 Å². The molecule has 0 radical (unpaired) electrons. The fourth-order valence-electron chi connectivity index (χ4n) is 4.76. The molecule has 0 saturated heterocycles. The fraction of sp³-hybridized carbons (Fsp3) is 0.448. The molecule has 0 N–H and O–H groups in total. The average molecular weight is 894 g/mol. The summed E-state index contributed by atoms with van der Waals surface area (Å²) in [6, 6.07) is 9.03. The van der Waals surface area contributed by atoms with Gasteiger partial charge >= 0.3 is 154 Å². The fourth-order valence-corrected chi connectivity index (χ4v) is 7.17. The molecule has 1 heterocycles. The molecule has 23 heteroatoms. The van der Waals surface area contributed by atoms with E-state index in [4.69, 9.17) is 23.2 Å². The van der Waals surface area contributed by atoms with E-state index < -0.39 is 52.2 Å². The van der Waals surface area contributed by atoms with Crippen LogP contribution < -0.4 is 159 Å². The normalized spacial score (nSPS) is 12.1. The van der Waals surface area contributed by atoms with Crippen LogP contribution in [0.2, 0.25) is 10.0 Å². The van der Waals surface area contributed by atoms with Crippen LogP contribution in [0.4, 0.5) is 17.2 Å². The number of halogens is 2. The maximum absolute atomic E-state index is 11.6. The second-order valence-corrected chi connectivity index (χ2v) is 17.3. The third-order valence-corrected chi connectivity index (χ3v) is 10.1. The van der Waals surface area contributed by atoms with Gasteiger partial charge in [-0.3, -0.25) is 0 Å². The first-order valence-electron chi connectivity index (χ1n) is 14.6. The van der Waals surface area contributed by atoms with Gasteiger partial charge in [0, 0.05) is 35.7 Å². The van der Waals surface area contributed by atoms with Gasteiger partial charge in [-0.1, -0.05) is 44.0 Å². The van der Waals surface area contributed by atoms with Gasteiger partial charge in [0.15, 0.2) is 5.82 Å². The van der Waals surface area contributed by atoms with E-state index in [1.54, 1.807) is 25.1 Å². The Balaban J connectivity index is 0.00000867. The Morgan fingerprint density at radius 1 is 0.846 bits per heavy atom. The van der Waals surface area contributed by atoms with Crippen LogP contribution in [0.3, 0.4) is 0 Å². The van der Waals surface area contributed by atoms with E-state index in [0.717, 1.165) is 16.8 Å². The van der Waals surface area contributed by atoms with Gasteiger partial charge in [-0.25, -0.2) is 29.9 Å². The molecule has 0 saturated carbocycles. The van der Waals surface area contributed by atoms with Crippen LogP contribution >= 0.6 is 23.2 Å². The maximum Gasteiger partial charge on any atom is 1.00 e. The topological polar surface area (TPSA) is 241 Å². The molecule has 3 rings (SSSR count). The molecular weight excluding hydrogens is 861 g/mol. The van der Waals surface area contributed by atoms with Crippen molar-refractivity contribution in [2.45, 2.75) is 63.7 Å². The summed E-state index contributed by atoms with van der Waals surface area (Å²) >= 11 is 12.8. The molecule has 0 unspecified atom stereocenters. The Labute approximate surface area is 442 Å². The van der Waals surface area contributed by atoms with Crippen molar-refractivity contribution in [2.75, 3.05) is 29.5 Å². The molecule has 1 aromatic heterocycles. The number of hydrogen-bond donors (Lipinski definition) is 0. The summed E-state index contributed by atoms with van der Waals surface area (Å²) in [7, 11) is -13.7. The van der Waals surface area contributed by atoms with Crippen molar-refractivity contribution in [3.63, 3.8) is 0 Å². The van der Waals surface area contributed by atoms with E-state index in [0.29, 0.717) is 48.6 Å². The first-order chi connectivity index (χ1) is 22.5. The van der Waals surface area contributed by atoms with E-state index in [2.05, 4.69) is 21.4 Å². The Bertz CT molecular complexity index is 2060. The molecule has 0 fully saturated rings. The van der Waals surface area contributed by atoms with Gasteiger partial charge in [0.05, 0.1) is 46.6 Å². The van der Waals surface area contributed by atoms with E-state index in [9.17, 15) is 44.2 Å². The molecule has 0 atom stereocenters. The number of rotatable bonds is 15. The standard InChI is InChI=1S/C29H36Cl2N6O9S3.3K/c1-19-15-20(36(11-5-7-13-47(38,39)40)12-6-8-14-48(41,42)43)9-10-25(19)33-34-28-22(18-32)27(29(2,3)4)35-37(28)26-23(30)16-21(17-24(26)31)49(44,45)46;;;/h9-10,15-17H,5-8,11-14H2,1-4H3,(H,38,39,40)(H,41,42,43)(H,44,45,46);;;/q;3*+1/p-3.